The quantitative estimate of drug-likeness (QED) is 0.415. The zero-order valence-electron chi connectivity index (χ0n) is 15.1. The Kier molecular flexibility index (Phi) is 4.99. The Balaban J connectivity index is 1.64. The van der Waals surface area contributed by atoms with Crippen LogP contribution in [0.25, 0.3) is 22.0 Å². The van der Waals surface area contributed by atoms with Crippen molar-refractivity contribution in [2.24, 2.45) is 5.73 Å². The van der Waals surface area contributed by atoms with Gasteiger partial charge in [0, 0.05) is 42.0 Å². The predicted octanol–water partition coefficient (Wildman–Crippen LogP) is 3.25. The molecule has 2 aromatic heterocycles. The molecule has 140 valence electrons. The Morgan fingerprint density at radius 1 is 1.04 bits per heavy atom. The Hall–Kier alpha value is -3.71. The van der Waals surface area contributed by atoms with Crippen LogP contribution in [0.3, 0.4) is 0 Å². The fourth-order valence-corrected chi connectivity index (χ4v) is 2.97. The first kappa shape index (κ1) is 17.7. The van der Waals surface area contributed by atoms with E-state index in [0.717, 1.165) is 27.7 Å². The molecule has 28 heavy (non-hydrogen) atoms. The monoisotopic (exact) mass is 372 g/mol. The van der Waals surface area contributed by atoms with Crippen molar-refractivity contribution in [2.75, 3.05) is 23.7 Å². The van der Waals surface area contributed by atoms with E-state index in [4.69, 9.17) is 5.73 Å². The first-order valence-corrected chi connectivity index (χ1v) is 8.98. The van der Waals surface area contributed by atoms with E-state index in [9.17, 15) is 4.79 Å². The van der Waals surface area contributed by atoms with Crippen LogP contribution in [-0.4, -0.2) is 34.2 Å². The largest absolute Gasteiger partial charge is 0.383 e. The van der Waals surface area contributed by atoms with E-state index in [1.807, 2.05) is 42.5 Å². The number of nitrogens with two attached hydrogens (primary N) is 1. The second kappa shape index (κ2) is 7.89. The summed E-state index contributed by atoms with van der Waals surface area (Å²) in [7, 11) is 0. The topological polar surface area (TPSA) is 109 Å². The molecule has 0 saturated carbocycles. The van der Waals surface area contributed by atoms with E-state index in [2.05, 4.69) is 25.8 Å². The Bertz CT molecular complexity index is 1110. The van der Waals surface area contributed by atoms with Crippen molar-refractivity contribution in [2.45, 2.75) is 0 Å². The smallest absolute Gasteiger partial charge is 0.256 e. The summed E-state index contributed by atoms with van der Waals surface area (Å²) in [5, 5.41) is 14.2. The number of fused-ring (bicyclic) bond motifs is 1. The van der Waals surface area contributed by atoms with Gasteiger partial charge in [0.2, 0.25) is 0 Å². The highest BCUT2D eigenvalue weighted by molar-refractivity contribution is 6.08. The summed E-state index contributed by atoms with van der Waals surface area (Å²) in [4.78, 5) is 16.8. The first-order chi connectivity index (χ1) is 13.7. The fourth-order valence-electron chi connectivity index (χ4n) is 2.97. The molecule has 0 aliphatic rings. The molecule has 0 aliphatic carbocycles. The second-order valence-corrected chi connectivity index (χ2v) is 6.33. The minimum atomic E-state index is -0.200. The summed E-state index contributed by atoms with van der Waals surface area (Å²) in [5.74, 6) is 0.296. The lowest BCUT2D eigenvalue weighted by atomic mass is 10.1. The van der Waals surface area contributed by atoms with Crippen molar-refractivity contribution in [3.63, 3.8) is 0 Å². The van der Waals surface area contributed by atoms with Crippen molar-refractivity contribution in [3.8, 4) is 11.1 Å². The maximum absolute atomic E-state index is 12.5. The number of H-pyrrole nitrogens is 1. The fraction of sp³-hybridized carbons (Fsp3) is 0.0952. The normalized spacial score (nSPS) is 10.8. The maximum atomic E-state index is 12.5. The molecule has 5 N–H and O–H groups in total. The Morgan fingerprint density at radius 2 is 1.89 bits per heavy atom. The highest BCUT2D eigenvalue weighted by Crippen LogP contribution is 2.28. The van der Waals surface area contributed by atoms with Crippen LogP contribution < -0.4 is 16.4 Å². The van der Waals surface area contributed by atoms with Gasteiger partial charge in [0.1, 0.15) is 0 Å². The molecule has 2 aromatic carbocycles. The zero-order chi connectivity index (χ0) is 19.3. The summed E-state index contributed by atoms with van der Waals surface area (Å²) >= 11 is 0. The summed E-state index contributed by atoms with van der Waals surface area (Å²) in [6, 6.07) is 17.0. The molecule has 7 heteroatoms. The third kappa shape index (κ3) is 3.70. The standard InChI is InChI=1S/C21H20N6O/c22-8-9-24-17-10-16(12-23-13-17)15-6-7-19-18(11-15)20(27-26-19)25-21(28)14-4-2-1-3-5-14/h1-7,10-13,24H,8-9,22H2,(H2,25,26,27,28). The van der Waals surface area contributed by atoms with Gasteiger partial charge in [-0.1, -0.05) is 24.3 Å². The third-order valence-electron chi connectivity index (χ3n) is 4.38. The van der Waals surface area contributed by atoms with Crippen LogP contribution in [0.15, 0.2) is 67.0 Å². The molecule has 0 atom stereocenters. The minimum Gasteiger partial charge on any atom is -0.383 e. The maximum Gasteiger partial charge on any atom is 0.256 e. The summed E-state index contributed by atoms with van der Waals surface area (Å²) in [6.45, 7) is 1.23. The zero-order valence-corrected chi connectivity index (χ0v) is 15.1. The molecule has 0 unspecified atom stereocenters. The van der Waals surface area contributed by atoms with Crippen molar-refractivity contribution in [1.29, 1.82) is 0 Å². The number of nitrogens with zero attached hydrogens (tertiary/aromatic N) is 2. The average Bonchev–Trinajstić information content (AvgIpc) is 3.15. The van der Waals surface area contributed by atoms with Crippen molar-refractivity contribution in [3.05, 3.63) is 72.6 Å². The predicted molar refractivity (Wildman–Crippen MR) is 111 cm³/mol. The van der Waals surface area contributed by atoms with Gasteiger partial charge in [0.25, 0.3) is 5.91 Å². The summed E-state index contributed by atoms with van der Waals surface area (Å²) < 4.78 is 0. The lowest BCUT2D eigenvalue weighted by Gasteiger charge is -2.07. The van der Waals surface area contributed by atoms with Crippen LogP contribution in [0, 0.1) is 0 Å². The number of carbonyl (C=O) groups excluding carboxylic acids is 1. The number of rotatable bonds is 6. The molecular weight excluding hydrogens is 352 g/mol. The van der Waals surface area contributed by atoms with Gasteiger partial charge >= 0.3 is 0 Å². The first-order valence-electron chi connectivity index (χ1n) is 8.98. The number of amides is 1. The molecule has 7 nitrogen and oxygen atoms in total. The molecular formula is C21H20N6O. The lowest BCUT2D eigenvalue weighted by Crippen LogP contribution is -2.13. The van der Waals surface area contributed by atoms with Crippen LogP contribution in [0.5, 0.6) is 0 Å². The van der Waals surface area contributed by atoms with Gasteiger partial charge in [-0.3, -0.25) is 14.9 Å². The number of nitrogens with one attached hydrogen (secondary N) is 3. The van der Waals surface area contributed by atoms with Gasteiger partial charge in [0.05, 0.1) is 11.2 Å². The van der Waals surface area contributed by atoms with E-state index in [1.165, 1.54) is 0 Å². The third-order valence-corrected chi connectivity index (χ3v) is 4.38. The van der Waals surface area contributed by atoms with Gasteiger partial charge in [-0.05, 0) is 35.9 Å². The van der Waals surface area contributed by atoms with Crippen molar-refractivity contribution < 1.29 is 4.79 Å². The van der Waals surface area contributed by atoms with E-state index in [-0.39, 0.29) is 5.91 Å². The van der Waals surface area contributed by atoms with E-state index < -0.39 is 0 Å². The SMILES string of the molecule is NCCNc1cncc(-c2ccc3[nH]nc(NC(=O)c4ccccc4)c3c2)c1. The number of hydrogen-bond donors (Lipinski definition) is 4. The van der Waals surface area contributed by atoms with Crippen molar-refractivity contribution >= 4 is 28.3 Å². The van der Waals surface area contributed by atoms with Gasteiger partial charge in [-0.2, -0.15) is 5.10 Å². The lowest BCUT2D eigenvalue weighted by molar-refractivity contribution is 0.102. The number of hydrogen-bond acceptors (Lipinski definition) is 5. The Labute approximate surface area is 162 Å². The van der Waals surface area contributed by atoms with Gasteiger partial charge < -0.3 is 16.4 Å². The molecule has 0 saturated heterocycles. The highest BCUT2D eigenvalue weighted by Gasteiger charge is 2.12. The molecule has 0 bridgehead atoms. The molecule has 0 fully saturated rings. The highest BCUT2D eigenvalue weighted by atomic mass is 16.1. The molecule has 0 spiro atoms. The molecule has 2 heterocycles. The number of aromatic amines is 1. The number of aromatic nitrogens is 3. The Morgan fingerprint density at radius 3 is 2.71 bits per heavy atom. The molecule has 0 aliphatic heterocycles. The van der Waals surface area contributed by atoms with Gasteiger partial charge in [-0.15, -0.1) is 0 Å². The van der Waals surface area contributed by atoms with E-state index >= 15 is 0 Å². The van der Waals surface area contributed by atoms with E-state index in [0.29, 0.717) is 24.5 Å². The van der Waals surface area contributed by atoms with Gasteiger partial charge in [-0.25, -0.2) is 0 Å². The van der Waals surface area contributed by atoms with Crippen LogP contribution in [0.1, 0.15) is 10.4 Å². The number of pyridine rings is 1. The average molecular weight is 372 g/mol. The summed E-state index contributed by atoms with van der Waals surface area (Å²) in [5.41, 5.74) is 9.83. The van der Waals surface area contributed by atoms with Crippen LogP contribution >= 0.6 is 0 Å². The summed E-state index contributed by atoms with van der Waals surface area (Å²) in [6.07, 6.45) is 3.57. The van der Waals surface area contributed by atoms with Crippen LogP contribution in [-0.2, 0) is 0 Å². The van der Waals surface area contributed by atoms with Crippen molar-refractivity contribution in [1.82, 2.24) is 15.2 Å². The minimum absolute atomic E-state index is 0.200. The number of benzene rings is 2. The molecule has 4 aromatic rings. The molecule has 1 amide bonds. The van der Waals surface area contributed by atoms with Crippen LogP contribution in [0.4, 0.5) is 11.5 Å². The molecule has 4 rings (SSSR count). The molecule has 0 radical (unpaired) electrons. The van der Waals surface area contributed by atoms with Gasteiger partial charge in [0.15, 0.2) is 5.82 Å². The van der Waals surface area contributed by atoms with E-state index in [1.54, 1.807) is 24.5 Å². The number of anilines is 2. The van der Waals surface area contributed by atoms with Crippen LogP contribution in [0.2, 0.25) is 0 Å². The number of carbonyl (C=O) groups is 1. The second-order valence-electron chi connectivity index (χ2n) is 6.33.